The van der Waals surface area contributed by atoms with E-state index in [0.717, 1.165) is 19.3 Å². The molecule has 0 aliphatic heterocycles. The fourth-order valence-electron chi connectivity index (χ4n) is 1.55. The summed E-state index contributed by atoms with van der Waals surface area (Å²) in [5, 5.41) is 12.8. The summed E-state index contributed by atoms with van der Waals surface area (Å²) in [6.07, 6.45) is 5.46. The molecule has 0 rings (SSSR count). The smallest absolute Gasteiger partial charge is 0.0610 e. The topological polar surface area (TPSA) is 32.3 Å². The van der Waals surface area contributed by atoms with Crippen molar-refractivity contribution in [1.82, 2.24) is 5.32 Å². The fourth-order valence-corrected chi connectivity index (χ4v) is 1.55. The van der Waals surface area contributed by atoms with Crippen LogP contribution < -0.4 is 5.32 Å². The van der Waals surface area contributed by atoms with Gasteiger partial charge in [-0.15, -0.1) is 0 Å². The normalized spacial score (nSPS) is 16.9. The Labute approximate surface area is 94.8 Å². The standard InChI is InChI=1S/C13H27NO/c1-6-13(5,10-15)14-12(4)9-7-8-11(2)3/h8,12,14-15H,6-7,9-10H2,1-5H3. The van der Waals surface area contributed by atoms with Crippen molar-refractivity contribution in [3.8, 4) is 0 Å². The number of rotatable bonds is 7. The highest BCUT2D eigenvalue weighted by molar-refractivity contribution is 4.93. The molecule has 0 aromatic rings. The van der Waals surface area contributed by atoms with E-state index in [1.807, 2.05) is 0 Å². The molecule has 2 N–H and O–H groups in total. The van der Waals surface area contributed by atoms with Crippen LogP contribution in [0.1, 0.15) is 53.9 Å². The summed E-state index contributed by atoms with van der Waals surface area (Å²) >= 11 is 0. The van der Waals surface area contributed by atoms with E-state index >= 15 is 0 Å². The van der Waals surface area contributed by atoms with Gasteiger partial charge in [0.05, 0.1) is 6.61 Å². The molecule has 0 radical (unpaired) electrons. The van der Waals surface area contributed by atoms with Crippen molar-refractivity contribution in [2.24, 2.45) is 0 Å². The van der Waals surface area contributed by atoms with Crippen LogP contribution >= 0.6 is 0 Å². The van der Waals surface area contributed by atoms with Gasteiger partial charge in [-0.3, -0.25) is 0 Å². The lowest BCUT2D eigenvalue weighted by atomic mass is 9.98. The number of aliphatic hydroxyl groups excluding tert-OH is 1. The molecular formula is C13H27NO. The lowest BCUT2D eigenvalue weighted by molar-refractivity contribution is 0.157. The second-order valence-electron chi connectivity index (χ2n) is 4.98. The van der Waals surface area contributed by atoms with Gasteiger partial charge in [-0.2, -0.15) is 0 Å². The number of hydrogen-bond acceptors (Lipinski definition) is 2. The van der Waals surface area contributed by atoms with Crippen LogP contribution in [-0.4, -0.2) is 23.3 Å². The second-order valence-corrected chi connectivity index (χ2v) is 4.98. The van der Waals surface area contributed by atoms with Crippen LogP contribution in [0.2, 0.25) is 0 Å². The van der Waals surface area contributed by atoms with Crippen LogP contribution in [0, 0.1) is 0 Å². The zero-order chi connectivity index (χ0) is 11.9. The summed E-state index contributed by atoms with van der Waals surface area (Å²) in [7, 11) is 0. The van der Waals surface area contributed by atoms with Crippen molar-refractivity contribution >= 4 is 0 Å². The predicted molar refractivity (Wildman–Crippen MR) is 67.0 cm³/mol. The molecule has 0 heterocycles. The van der Waals surface area contributed by atoms with E-state index in [4.69, 9.17) is 0 Å². The Morgan fingerprint density at radius 1 is 1.47 bits per heavy atom. The molecule has 0 fully saturated rings. The first-order chi connectivity index (χ1) is 6.93. The minimum atomic E-state index is -0.121. The zero-order valence-corrected chi connectivity index (χ0v) is 10.9. The molecule has 90 valence electrons. The third-order valence-electron chi connectivity index (χ3n) is 2.88. The van der Waals surface area contributed by atoms with Crippen LogP contribution in [0.4, 0.5) is 0 Å². The van der Waals surface area contributed by atoms with E-state index in [9.17, 15) is 5.11 Å². The molecule has 2 atom stereocenters. The lowest BCUT2D eigenvalue weighted by Gasteiger charge is -2.31. The molecule has 2 nitrogen and oxygen atoms in total. The maximum atomic E-state index is 9.27. The van der Waals surface area contributed by atoms with Gasteiger partial charge >= 0.3 is 0 Å². The molecule has 0 aromatic heterocycles. The molecule has 0 aromatic carbocycles. The monoisotopic (exact) mass is 213 g/mol. The van der Waals surface area contributed by atoms with Gasteiger partial charge in [0.1, 0.15) is 0 Å². The maximum Gasteiger partial charge on any atom is 0.0610 e. The minimum Gasteiger partial charge on any atom is -0.394 e. The van der Waals surface area contributed by atoms with E-state index in [0.29, 0.717) is 6.04 Å². The highest BCUT2D eigenvalue weighted by atomic mass is 16.3. The van der Waals surface area contributed by atoms with Gasteiger partial charge in [0.25, 0.3) is 0 Å². The lowest BCUT2D eigenvalue weighted by Crippen LogP contribution is -2.49. The summed E-state index contributed by atoms with van der Waals surface area (Å²) in [6, 6.07) is 0.456. The molecule has 0 spiro atoms. The quantitative estimate of drug-likeness (QED) is 0.637. The first-order valence-electron chi connectivity index (χ1n) is 5.95. The van der Waals surface area contributed by atoms with Crippen LogP contribution in [0.3, 0.4) is 0 Å². The van der Waals surface area contributed by atoms with Crippen molar-refractivity contribution < 1.29 is 5.11 Å². The average Bonchev–Trinajstić information content (AvgIpc) is 2.17. The molecule has 0 saturated heterocycles. The summed E-state index contributed by atoms with van der Waals surface area (Å²) < 4.78 is 0. The van der Waals surface area contributed by atoms with Crippen molar-refractivity contribution in [2.75, 3.05) is 6.61 Å². The second kappa shape index (κ2) is 7.02. The number of nitrogens with one attached hydrogen (secondary N) is 1. The number of allylic oxidation sites excluding steroid dienone is 2. The van der Waals surface area contributed by atoms with Crippen LogP contribution in [0.5, 0.6) is 0 Å². The third kappa shape index (κ3) is 6.69. The van der Waals surface area contributed by atoms with Gasteiger partial charge in [-0.05, 0) is 47.0 Å². The van der Waals surface area contributed by atoms with Crippen LogP contribution in [-0.2, 0) is 0 Å². The van der Waals surface area contributed by atoms with E-state index in [1.54, 1.807) is 0 Å². The maximum absolute atomic E-state index is 9.27. The van der Waals surface area contributed by atoms with Gasteiger partial charge in [-0.25, -0.2) is 0 Å². The molecule has 0 saturated carbocycles. The first-order valence-corrected chi connectivity index (χ1v) is 5.95. The Morgan fingerprint density at radius 3 is 2.47 bits per heavy atom. The largest absolute Gasteiger partial charge is 0.394 e. The molecule has 0 bridgehead atoms. The molecule has 0 amide bonds. The van der Waals surface area contributed by atoms with Gasteiger partial charge in [0, 0.05) is 11.6 Å². The summed E-state index contributed by atoms with van der Waals surface area (Å²) in [5.41, 5.74) is 1.26. The van der Waals surface area contributed by atoms with E-state index in [1.165, 1.54) is 5.57 Å². The van der Waals surface area contributed by atoms with Gasteiger partial charge in [-0.1, -0.05) is 18.6 Å². The van der Waals surface area contributed by atoms with Crippen molar-refractivity contribution in [3.05, 3.63) is 11.6 Å². The number of aliphatic hydroxyl groups is 1. The summed E-state index contributed by atoms with van der Waals surface area (Å²) in [5.74, 6) is 0. The highest BCUT2D eigenvalue weighted by Gasteiger charge is 2.21. The van der Waals surface area contributed by atoms with Crippen LogP contribution in [0.15, 0.2) is 11.6 Å². The van der Waals surface area contributed by atoms with Crippen molar-refractivity contribution in [1.29, 1.82) is 0 Å². The van der Waals surface area contributed by atoms with Crippen molar-refractivity contribution in [3.63, 3.8) is 0 Å². The minimum absolute atomic E-state index is 0.121. The molecule has 2 heteroatoms. The van der Waals surface area contributed by atoms with E-state index in [-0.39, 0.29) is 12.1 Å². The SMILES string of the molecule is CCC(C)(CO)NC(C)CCC=C(C)C. The highest BCUT2D eigenvalue weighted by Crippen LogP contribution is 2.11. The molecule has 15 heavy (non-hydrogen) atoms. The molecule has 2 unspecified atom stereocenters. The van der Waals surface area contributed by atoms with Gasteiger partial charge < -0.3 is 10.4 Å². The molecule has 0 aliphatic carbocycles. The predicted octanol–water partition coefficient (Wildman–Crippen LogP) is 2.87. The Morgan fingerprint density at radius 2 is 2.07 bits per heavy atom. The number of hydrogen-bond donors (Lipinski definition) is 2. The Balaban J connectivity index is 3.92. The fraction of sp³-hybridized carbons (Fsp3) is 0.846. The van der Waals surface area contributed by atoms with E-state index in [2.05, 4.69) is 46.0 Å². The summed E-state index contributed by atoms with van der Waals surface area (Å²) in [4.78, 5) is 0. The van der Waals surface area contributed by atoms with Gasteiger partial charge in [0.15, 0.2) is 0 Å². The van der Waals surface area contributed by atoms with Crippen LogP contribution in [0.25, 0.3) is 0 Å². The Bertz CT molecular complexity index is 191. The molecular weight excluding hydrogens is 186 g/mol. The Hall–Kier alpha value is -0.340. The Kier molecular flexibility index (Phi) is 6.86. The average molecular weight is 213 g/mol. The first kappa shape index (κ1) is 14.7. The molecule has 0 aliphatic rings. The zero-order valence-electron chi connectivity index (χ0n) is 10.9. The van der Waals surface area contributed by atoms with Gasteiger partial charge in [0.2, 0.25) is 0 Å². The van der Waals surface area contributed by atoms with Crippen molar-refractivity contribution in [2.45, 2.75) is 65.5 Å². The van der Waals surface area contributed by atoms with E-state index < -0.39 is 0 Å². The summed E-state index contributed by atoms with van der Waals surface area (Å²) in [6.45, 7) is 10.8. The third-order valence-corrected chi connectivity index (χ3v) is 2.88.